The molecule has 0 aliphatic heterocycles. The topological polar surface area (TPSA) is 106 Å². The molecule has 2 aromatic heterocycles. The van der Waals surface area contributed by atoms with Crippen LogP contribution in [0.1, 0.15) is 16.1 Å². The first kappa shape index (κ1) is 24.3. The van der Waals surface area contributed by atoms with E-state index >= 15 is 0 Å². The Bertz CT molecular complexity index is 1490. The Kier molecular flexibility index (Phi) is 6.55. The molecule has 0 bridgehead atoms. The van der Waals surface area contributed by atoms with E-state index in [0.29, 0.717) is 5.56 Å². The summed E-state index contributed by atoms with van der Waals surface area (Å²) in [6.45, 7) is -0.107. The number of ether oxygens (including phenoxy) is 1. The molecule has 180 valence electrons. The summed E-state index contributed by atoms with van der Waals surface area (Å²) in [5.74, 6) is -1.66. The number of halogens is 5. The number of nitrogens with zero attached hydrogens (tertiary/aromatic N) is 3. The molecule has 0 spiro atoms. The molecule has 2 N–H and O–H groups in total. The molecule has 2 aromatic carbocycles. The first-order valence-electron chi connectivity index (χ1n) is 9.71. The summed E-state index contributed by atoms with van der Waals surface area (Å²) in [5.41, 5.74) is -0.0269. The number of aromatic hydroxyl groups is 1. The van der Waals surface area contributed by atoms with Crippen molar-refractivity contribution in [1.82, 2.24) is 14.5 Å². The Morgan fingerprint density at radius 3 is 2.60 bits per heavy atom. The number of fused-ring (bicyclic) bond motifs is 1. The van der Waals surface area contributed by atoms with Gasteiger partial charge in [-0.25, -0.2) is 9.97 Å². The monoisotopic (exact) mass is 524 g/mol. The fraction of sp³-hybridized carbons (Fsp3) is 0.0909. The molecule has 0 atom stereocenters. The molecule has 1 amide bonds. The summed E-state index contributed by atoms with van der Waals surface area (Å²) < 4.78 is 42.7. The van der Waals surface area contributed by atoms with Gasteiger partial charge < -0.3 is 15.2 Å². The summed E-state index contributed by atoms with van der Waals surface area (Å²) in [5, 5.41) is 11.7. The van der Waals surface area contributed by atoms with E-state index in [1.165, 1.54) is 29.1 Å². The zero-order chi connectivity index (χ0) is 25.3. The third-order valence-electron chi connectivity index (χ3n) is 4.72. The van der Waals surface area contributed by atoms with Gasteiger partial charge in [-0.3, -0.25) is 14.2 Å². The SMILES string of the molecule is O=C(Nc1cccc2ncn(Cc3cccc(OC(F)(F)F)c3)c(=O)c12)c1cc(Cl)c(O)c(Cl)n1. The van der Waals surface area contributed by atoms with Gasteiger partial charge in [0.05, 0.1) is 34.5 Å². The maximum absolute atomic E-state index is 13.2. The number of pyridine rings is 1. The largest absolute Gasteiger partial charge is 0.573 e. The standard InChI is InChI=1S/C22H13Cl2F3N4O4/c23-13-8-16(29-19(24)18(13)32)20(33)30-15-6-2-5-14-17(15)21(34)31(10-28-14)9-11-3-1-4-12(7-11)35-22(25,26)27/h1-8,10,32H,9H2,(H,30,33). The van der Waals surface area contributed by atoms with Crippen LogP contribution in [0.3, 0.4) is 0 Å². The van der Waals surface area contributed by atoms with Gasteiger partial charge in [-0.05, 0) is 35.9 Å². The van der Waals surface area contributed by atoms with Gasteiger partial charge >= 0.3 is 6.36 Å². The zero-order valence-electron chi connectivity index (χ0n) is 17.3. The van der Waals surface area contributed by atoms with Crippen molar-refractivity contribution in [2.24, 2.45) is 0 Å². The summed E-state index contributed by atoms with van der Waals surface area (Å²) in [7, 11) is 0. The van der Waals surface area contributed by atoms with Gasteiger partial charge in [0.25, 0.3) is 11.5 Å². The number of nitrogens with one attached hydrogen (secondary N) is 1. The fourth-order valence-corrected chi connectivity index (χ4v) is 3.67. The van der Waals surface area contributed by atoms with Crippen molar-refractivity contribution in [3.8, 4) is 11.5 Å². The quantitative estimate of drug-likeness (QED) is 0.355. The van der Waals surface area contributed by atoms with Crippen LogP contribution in [0.5, 0.6) is 11.5 Å². The van der Waals surface area contributed by atoms with Crippen LogP contribution in [-0.4, -0.2) is 31.9 Å². The molecule has 0 aliphatic carbocycles. The molecule has 13 heteroatoms. The molecule has 0 unspecified atom stereocenters. The second kappa shape index (κ2) is 9.43. The van der Waals surface area contributed by atoms with E-state index in [2.05, 4.69) is 20.0 Å². The molecule has 8 nitrogen and oxygen atoms in total. The lowest BCUT2D eigenvalue weighted by Crippen LogP contribution is -2.23. The maximum atomic E-state index is 13.2. The number of anilines is 1. The number of rotatable bonds is 5. The number of hydrogen-bond acceptors (Lipinski definition) is 6. The highest BCUT2D eigenvalue weighted by Crippen LogP contribution is 2.30. The second-order valence-corrected chi connectivity index (χ2v) is 7.92. The Morgan fingerprint density at radius 1 is 1.14 bits per heavy atom. The predicted octanol–water partition coefficient (Wildman–Crippen LogP) is 5.00. The number of alkyl halides is 3. The van der Waals surface area contributed by atoms with Crippen molar-refractivity contribution in [2.45, 2.75) is 12.9 Å². The van der Waals surface area contributed by atoms with Gasteiger partial charge in [0.15, 0.2) is 10.9 Å². The first-order chi connectivity index (χ1) is 16.5. The van der Waals surface area contributed by atoms with E-state index in [9.17, 15) is 27.9 Å². The van der Waals surface area contributed by atoms with Gasteiger partial charge in [-0.15, -0.1) is 13.2 Å². The summed E-state index contributed by atoms with van der Waals surface area (Å²) >= 11 is 11.6. The molecule has 0 saturated carbocycles. The van der Waals surface area contributed by atoms with E-state index in [-0.39, 0.29) is 39.0 Å². The number of hydrogen-bond donors (Lipinski definition) is 2. The van der Waals surface area contributed by atoms with Crippen molar-refractivity contribution in [1.29, 1.82) is 0 Å². The van der Waals surface area contributed by atoms with Crippen molar-refractivity contribution in [3.63, 3.8) is 0 Å². The Hall–Kier alpha value is -3.83. The van der Waals surface area contributed by atoms with Crippen molar-refractivity contribution >= 4 is 45.7 Å². The van der Waals surface area contributed by atoms with Crippen LogP contribution in [0, 0.1) is 0 Å². The minimum atomic E-state index is -4.85. The molecule has 4 rings (SSSR count). The Balaban J connectivity index is 1.67. The molecule has 0 fully saturated rings. The van der Waals surface area contributed by atoms with Gasteiger partial charge in [0.2, 0.25) is 0 Å². The summed E-state index contributed by atoms with van der Waals surface area (Å²) in [6, 6.07) is 10.9. The lowest BCUT2D eigenvalue weighted by Gasteiger charge is -2.12. The minimum absolute atomic E-state index is 0.0574. The van der Waals surface area contributed by atoms with E-state index in [4.69, 9.17) is 23.2 Å². The van der Waals surface area contributed by atoms with Crippen LogP contribution in [0.4, 0.5) is 18.9 Å². The smallest absolute Gasteiger partial charge is 0.504 e. The third kappa shape index (κ3) is 5.47. The number of benzene rings is 2. The predicted molar refractivity (Wildman–Crippen MR) is 122 cm³/mol. The van der Waals surface area contributed by atoms with Gasteiger partial charge in [0, 0.05) is 0 Å². The molecule has 2 heterocycles. The van der Waals surface area contributed by atoms with Crippen molar-refractivity contribution in [3.05, 3.63) is 86.6 Å². The van der Waals surface area contributed by atoms with Crippen LogP contribution in [0.2, 0.25) is 10.2 Å². The normalized spacial score (nSPS) is 11.5. The molecule has 0 aliphatic rings. The zero-order valence-corrected chi connectivity index (χ0v) is 18.8. The van der Waals surface area contributed by atoms with Crippen LogP contribution in [-0.2, 0) is 6.54 Å². The second-order valence-electron chi connectivity index (χ2n) is 7.16. The van der Waals surface area contributed by atoms with Crippen molar-refractivity contribution < 1.29 is 27.8 Å². The van der Waals surface area contributed by atoms with Crippen molar-refractivity contribution in [2.75, 3.05) is 5.32 Å². The number of amides is 1. The highest BCUT2D eigenvalue weighted by Gasteiger charge is 2.31. The van der Waals surface area contributed by atoms with E-state index in [1.807, 2.05) is 0 Å². The van der Waals surface area contributed by atoms with E-state index in [0.717, 1.165) is 18.2 Å². The van der Waals surface area contributed by atoms with Crippen LogP contribution < -0.4 is 15.6 Å². The molecule has 4 aromatic rings. The Morgan fingerprint density at radius 2 is 1.89 bits per heavy atom. The number of carbonyl (C=O) groups excluding carboxylic acids is 1. The molecule has 0 saturated heterocycles. The lowest BCUT2D eigenvalue weighted by molar-refractivity contribution is -0.274. The maximum Gasteiger partial charge on any atom is 0.573 e. The summed E-state index contributed by atoms with van der Waals surface area (Å²) in [4.78, 5) is 33.9. The number of carbonyl (C=O) groups is 1. The average molecular weight is 525 g/mol. The molecular formula is C22H13Cl2F3N4O4. The lowest BCUT2D eigenvalue weighted by atomic mass is 10.2. The van der Waals surface area contributed by atoms with Crippen LogP contribution in [0.15, 0.2) is 59.7 Å². The molecule has 35 heavy (non-hydrogen) atoms. The summed E-state index contributed by atoms with van der Waals surface area (Å²) in [6.07, 6.45) is -3.61. The third-order valence-corrected chi connectivity index (χ3v) is 5.27. The fourth-order valence-electron chi connectivity index (χ4n) is 3.24. The van der Waals surface area contributed by atoms with Crippen LogP contribution >= 0.6 is 23.2 Å². The van der Waals surface area contributed by atoms with Crippen LogP contribution in [0.25, 0.3) is 10.9 Å². The minimum Gasteiger partial charge on any atom is -0.504 e. The molecular weight excluding hydrogens is 512 g/mol. The van der Waals surface area contributed by atoms with Gasteiger partial charge in [-0.2, -0.15) is 0 Å². The first-order valence-corrected chi connectivity index (χ1v) is 10.5. The highest BCUT2D eigenvalue weighted by atomic mass is 35.5. The highest BCUT2D eigenvalue weighted by molar-refractivity contribution is 6.36. The molecule has 0 radical (unpaired) electrons. The van der Waals surface area contributed by atoms with E-state index in [1.54, 1.807) is 12.1 Å². The van der Waals surface area contributed by atoms with Gasteiger partial charge in [0.1, 0.15) is 11.4 Å². The average Bonchev–Trinajstić information content (AvgIpc) is 2.78. The Labute approximate surface area is 204 Å². The number of aromatic nitrogens is 3. The van der Waals surface area contributed by atoms with Gasteiger partial charge in [-0.1, -0.05) is 41.4 Å². The van der Waals surface area contributed by atoms with E-state index < -0.39 is 29.3 Å².